The maximum atomic E-state index is 13.9. The molecule has 6 heteroatoms. The smallest absolute Gasteiger partial charge is 0.293 e. The summed E-state index contributed by atoms with van der Waals surface area (Å²) < 4.78 is 16.3. The summed E-state index contributed by atoms with van der Waals surface area (Å²) >= 11 is 3.21. The van der Waals surface area contributed by atoms with Crippen LogP contribution in [0.1, 0.15) is 5.56 Å². The van der Waals surface area contributed by atoms with E-state index in [2.05, 4.69) is 15.9 Å². The number of nitrogens with zero attached hydrogens (tertiary/aromatic N) is 2. The molecule has 1 heterocycles. The van der Waals surface area contributed by atoms with Crippen molar-refractivity contribution in [2.24, 2.45) is 0 Å². The Balaban J connectivity index is 2.11. The van der Waals surface area contributed by atoms with Crippen LogP contribution in [0.4, 0.5) is 10.1 Å². The van der Waals surface area contributed by atoms with Gasteiger partial charge in [-0.1, -0.05) is 34.1 Å². The highest BCUT2D eigenvalue weighted by Crippen LogP contribution is 2.27. The topological polar surface area (TPSA) is 48.1 Å². The second kappa shape index (κ2) is 5.29. The zero-order valence-electron chi connectivity index (χ0n) is 10.8. The fourth-order valence-corrected chi connectivity index (χ4v) is 2.69. The van der Waals surface area contributed by atoms with Gasteiger partial charge in [-0.15, -0.1) is 0 Å². The quantitative estimate of drug-likeness (QED) is 0.516. The molecule has 0 fully saturated rings. The van der Waals surface area contributed by atoms with E-state index in [9.17, 15) is 14.5 Å². The second-order valence-corrected chi connectivity index (χ2v) is 5.57. The molecule has 0 amide bonds. The highest BCUT2D eigenvalue weighted by atomic mass is 79.9. The fourth-order valence-electron chi connectivity index (χ4n) is 2.35. The van der Waals surface area contributed by atoms with Crippen molar-refractivity contribution in [3.8, 4) is 0 Å². The molecule has 1 aromatic heterocycles. The predicted molar refractivity (Wildman–Crippen MR) is 81.8 cm³/mol. The van der Waals surface area contributed by atoms with Gasteiger partial charge in [-0.2, -0.15) is 0 Å². The molecule has 0 saturated heterocycles. The molecule has 0 spiro atoms. The van der Waals surface area contributed by atoms with Crippen LogP contribution >= 0.6 is 15.9 Å². The summed E-state index contributed by atoms with van der Waals surface area (Å²) in [5.41, 5.74) is 1.01. The highest BCUT2D eigenvalue weighted by molar-refractivity contribution is 9.10. The van der Waals surface area contributed by atoms with Crippen LogP contribution in [0.15, 0.2) is 53.1 Å². The number of hydrogen-bond acceptors (Lipinski definition) is 2. The van der Waals surface area contributed by atoms with Gasteiger partial charge in [0.2, 0.25) is 0 Å². The minimum Gasteiger partial charge on any atom is -0.337 e. The average Bonchev–Trinajstić information content (AvgIpc) is 2.85. The molecule has 0 atom stereocenters. The van der Waals surface area contributed by atoms with E-state index < -0.39 is 4.92 Å². The van der Waals surface area contributed by atoms with Crippen molar-refractivity contribution in [3.63, 3.8) is 0 Å². The third-order valence-electron chi connectivity index (χ3n) is 3.32. The first-order valence-corrected chi connectivity index (χ1v) is 7.02. The van der Waals surface area contributed by atoms with Crippen molar-refractivity contribution in [1.29, 1.82) is 0 Å². The Labute approximate surface area is 128 Å². The molecule has 21 heavy (non-hydrogen) atoms. The molecule has 0 radical (unpaired) electrons. The zero-order valence-corrected chi connectivity index (χ0v) is 12.4. The Morgan fingerprint density at radius 2 is 2.05 bits per heavy atom. The molecule has 0 aliphatic heterocycles. The van der Waals surface area contributed by atoms with Crippen LogP contribution < -0.4 is 0 Å². The monoisotopic (exact) mass is 348 g/mol. The van der Waals surface area contributed by atoms with E-state index in [1.165, 1.54) is 12.1 Å². The largest absolute Gasteiger partial charge is 0.337 e. The van der Waals surface area contributed by atoms with Gasteiger partial charge < -0.3 is 4.57 Å². The van der Waals surface area contributed by atoms with Crippen LogP contribution in [0.2, 0.25) is 0 Å². The molecule has 0 bridgehead atoms. The van der Waals surface area contributed by atoms with E-state index >= 15 is 0 Å². The third kappa shape index (κ3) is 2.54. The number of fused-ring (bicyclic) bond motifs is 1. The lowest BCUT2D eigenvalue weighted by atomic mass is 10.2. The van der Waals surface area contributed by atoms with E-state index in [1.54, 1.807) is 41.1 Å². The molecule has 0 unspecified atom stereocenters. The lowest BCUT2D eigenvalue weighted by Gasteiger charge is -2.07. The first-order valence-electron chi connectivity index (χ1n) is 6.22. The number of rotatable bonds is 3. The van der Waals surface area contributed by atoms with Crippen LogP contribution in [0.25, 0.3) is 10.9 Å². The summed E-state index contributed by atoms with van der Waals surface area (Å²) in [5, 5.41) is 11.9. The minimum atomic E-state index is -0.420. The zero-order chi connectivity index (χ0) is 15.0. The summed E-state index contributed by atoms with van der Waals surface area (Å²) in [6.45, 7) is 0.244. The first-order chi connectivity index (χ1) is 10.1. The number of hydrogen-bond donors (Lipinski definition) is 0. The minimum absolute atomic E-state index is 0.0232. The van der Waals surface area contributed by atoms with Crippen molar-refractivity contribution in [1.82, 2.24) is 4.57 Å². The standard InChI is InChI=1S/C15H10BrFN2O2/c16-12-5-4-11(13(17)8-12)9-18-7-6-10-2-1-3-14(15(10)18)19(20)21/h1-8H,9H2. The second-order valence-electron chi connectivity index (χ2n) is 4.65. The number of nitro groups is 1. The van der Waals surface area contributed by atoms with Gasteiger partial charge in [0.1, 0.15) is 11.3 Å². The van der Waals surface area contributed by atoms with Crippen molar-refractivity contribution in [2.45, 2.75) is 6.54 Å². The van der Waals surface area contributed by atoms with Gasteiger partial charge in [0.25, 0.3) is 5.69 Å². The van der Waals surface area contributed by atoms with Gasteiger partial charge in [-0.25, -0.2) is 4.39 Å². The first kappa shape index (κ1) is 13.8. The summed E-state index contributed by atoms with van der Waals surface area (Å²) in [7, 11) is 0. The van der Waals surface area contributed by atoms with E-state index in [-0.39, 0.29) is 18.0 Å². The summed E-state index contributed by atoms with van der Waals surface area (Å²) in [5.74, 6) is -0.343. The third-order valence-corrected chi connectivity index (χ3v) is 3.81. The maximum absolute atomic E-state index is 13.9. The predicted octanol–water partition coefficient (Wildman–Crippen LogP) is 4.50. The molecular formula is C15H10BrFN2O2. The molecule has 0 saturated carbocycles. The Bertz CT molecular complexity index is 845. The van der Waals surface area contributed by atoms with Gasteiger partial charge in [0, 0.05) is 27.7 Å². The Kier molecular flexibility index (Phi) is 3.47. The van der Waals surface area contributed by atoms with Crippen LogP contribution in [-0.2, 0) is 6.54 Å². The van der Waals surface area contributed by atoms with Gasteiger partial charge in [-0.3, -0.25) is 10.1 Å². The number of aromatic nitrogens is 1. The van der Waals surface area contributed by atoms with Gasteiger partial charge in [0.15, 0.2) is 0 Å². The van der Waals surface area contributed by atoms with Crippen molar-refractivity contribution >= 4 is 32.5 Å². The SMILES string of the molecule is O=[N+]([O-])c1cccc2ccn(Cc3ccc(Br)cc3F)c12. The van der Waals surface area contributed by atoms with Crippen LogP contribution in [0.5, 0.6) is 0 Å². The van der Waals surface area contributed by atoms with Crippen molar-refractivity contribution < 1.29 is 9.31 Å². The molecule has 0 aliphatic rings. The Morgan fingerprint density at radius 3 is 2.76 bits per heavy atom. The average molecular weight is 349 g/mol. The molecule has 4 nitrogen and oxygen atoms in total. The highest BCUT2D eigenvalue weighted by Gasteiger charge is 2.16. The molecule has 0 aliphatic carbocycles. The summed E-state index contributed by atoms with van der Waals surface area (Å²) in [6, 6.07) is 11.5. The van der Waals surface area contributed by atoms with E-state index in [4.69, 9.17) is 0 Å². The molecule has 3 rings (SSSR count). The lowest BCUT2D eigenvalue weighted by Crippen LogP contribution is -2.02. The Morgan fingerprint density at radius 1 is 1.24 bits per heavy atom. The number of halogens is 2. The van der Waals surface area contributed by atoms with E-state index in [1.807, 2.05) is 0 Å². The van der Waals surface area contributed by atoms with Crippen molar-refractivity contribution in [3.05, 3.63) is 74.6 Å². The Hall–Kier alpha value is -2.21. The number of non-ortho nitro benzene ring substituents is 1. The number of benzene rings is 2. The molecule has 0 N–H and O–H groups in total. The van der Waals surface area contributed by atoms with Gasteiger partial charge in [-0.05, 0) is 18.2 Å². The summed E-state index contributed by atoms with van der Waals surface area (Å²) in [6.07, 6.45) is 1.74. The van der Waals surface area contributed by atoms with E-state index in [0.29, 0.717) is 15.6 Å². The lowest BCUT2D eigenvalue weighted by molar-refractivity contribution is -0.383. The van der Waals surface area contributed by atoms with Crippen LogP contribution in [0, 0.1) is 15.9 Å². The van der Waals surface area contributed by atoms with Crippen molar-refractivity contribution in [2.75, 3.05) is 0 Å². The normalized spacial score (nSPS) is 11.0. The molecule has 2 aromatic carbocycles. The van der Waals surface area contributed by atoms with Gasteiger partial charge in [0.05, 0.1) is 11.5 Å². The van der Waals surface area contributed by atoms with E-state index in [0.717, 1.165) is 5.39 Å². The molecule has 3 aromatic rings. The molecular weight excluding hydrogens is 339 g/mol. The van der Waals surface area contributed by atoms with Crippen LogP contribution in [-0.4, -0.2) is 9.49 Å². The maximum Gasteiger partial charge on any atom is 0.293 e. The summed E-state index contributed by atoms with van der Waals surface area (Å²) in [4.78, 5) is 10.7. The fraction of sp³-hybridized carbons (Fsp3) is 0.0667. The molecule has 106 valence electrons. The number of para-hydroxylation sites is 1. The van der Waals surface area contributed by atoms with Gasteiger partial charge >= 0.3 is 0 Å². The van der Waals surface area contributed by atoms with Crippen LogP contribution in [0.3, 0.4) is 0 Å². The number of nitro benzene ring substituents is 1.